The van der Waals surface area contributed by atoms with E-state index in [0.717, 1.165) is 10.4 Å². The maximum atomic E-state index is 12.9. The van der Waals surface area contributed by atoms with E-state index in [1.54, 1.807) is 11.1 Å². The Hall–Kier alpha value is -1.64. The molecule has 2 aromatic rings. The van der Waals surface area contributed by atoms with Gasteiger partial charge in [0.1, 0.15) is 0 Å². The highest BCUT2D eigenvalue weighted by atomic mass is 35.5. The monoisotopic (exact) mass is 417 g/mol. The van der Waals surface area contributed by atoms with Crippen LogP contribution in [0.15, 0.2) is 30.5 Å². The Balaban J connectivity index is 1.53. The molecule has 1 N–H and O–H groups in total. The van der Waals surface area contributed by atoms with Gasteiger partial charge in [-0.15, -0.1) is 11.3 Å². The summed E-state index contributed by atoms with van der Waals surface area (Å²) >= 11 is 7.48. The molecular formula is C18H19ClF3N3OS. The van der Waals surface area contributed by atoms with Crippen molar-refractivity contribution in [1.82, 2.24) is 9.88 Å². The average molecular weight is 418 g/mol. The average Bonchev–Trinajstić information content (AvgIpc) is 3.03. The van der Waals surface area contributed by atoms with Gasteiger partial charge in [0.15, 0.2) is 5.13 Å². The number of aromatic nitrogens is 1. The van der Waals surface area contributed by atoms with Crippen molar-refractivity contribution in [1.29, 1.82) is 0 Å². The van der Waals surface area contributed by atoms with Gasteiger partial charge in [0, 0.05) is 29.1 Å². The molecule has 0 radical (unpaired) electrons. The third kappa shape index (κ3) is 5.67. The first-order valence-corrected chi connectivity index (χ1v) is 9.78. The summed E-state index contributed by atoms with van der Waals surface area (Å²) in [5.74, 6) is -1.71. The van der Waals surface area contributed by atoms with Gasteiger partial charge in [-0.1, -0.05) is 29.8 Å². The lowest BCUT2D eigenvalue weighted by molar-refractivity contribution is -0.186. The minimum atomic E-state index is -4.21. The molecule has 1 saturated heterocycles. The Morgan fingerprint density at radius 3 is 2.89 bits per heavy atom. The van der Waals surface area contributed by atoms with E-state index in [1.807, 2.05) is 24.3 Å². The number of rotatable bonds is 5. The normalized spacial score (nSPS) is 18.4. The van der Waals surface area contributed by atoms with E-state index >= 15 is 0 Å². The number of amides is 1. The Morgan fingerprint density at radius 2 is 2.15 bits per heavy atom. The van der Waals surface area contributed by atoms with Crippen LogP contribution in [0.3, 0.4) is 0 Å². The summed E-state index contributed by atoms with van der Waals surface area (Å²) in [6.07, 6.45) is -1.37. The summed E-state index contributed by atoms with van der Waals surface area (Å²) in [5, 5.41) is 3.78. The lowest BCUT2D eigenvalue weighted by atomic mass is 9.97. The Bertz CT molecular complexity index is 796. The van der Waals surface area contributed by atoms with Gasteiger partial charge in [-0.3, -0.25) is 9.69 Å². The minimum absolute atomic E-state index is 0.0635. The Kier molecular flexibility index (Phi) is 6.39. The highest BCUT2D eigenvalue weighted by Crippen LogP contribution is 2.33. The molecule has 0 aliphatic carbocycles. The van der Waals surface area contributed by atoms with Crippen molar-refractivity contribution in [3.63, 3.8) is 0 Å². The molecule has 3 rings (SSSR count). The van der Waals surface area contributed by atoms with E-state index in [-0.39, 0.29) is 25.4 Å². The number of anilines is 1. The van der Waals surface area contributed by atoms with Crippen LogP contribution >= 0.6 is 22.9 Å². The van der Waals surface area contributed by atoms with Gasteiger partial charge >= 0.3 is 6.18 Å². The van der Waals surface area contributed by atoms with Crippen molar-refractivity contribution in [2.45, 2.75) is 25.4 Å². The predicted molar refractivity (Wildman–Crippen MR) is 100 cm³/mol. The number of nitrogens with zero attached hydrogens (tertiary/aromatic N) is 2. The number of hydrogen-bond donors (Lipinski definition) is 1. The second kappa shape index (κ2) is 8.58. The molecule has 1 atom stereocenters. The maximum absolute atomic E-state index is 12.9. The van der Waals surface area contributed by atoms with Crippen molar-refractivity contribution in [3.8, 4) is 0 Å². The molecule has 1 aromatic carbocycles. The molecule has 146 valence electrons. The molecule has 2 heterocycles. The van der Waals surface area contributed by atoms with Crippen LogP contribution < -0.4 is 5.32 Å². The lowest BCUT2D eigenvalue weighted by Crippen LogP contribution is -2.44. The third-order valence-electron chi connectivity index (χ3n) is 4.46. The van der Waals surface area contributed by atoms with Gasteiger partial charge in [-0.25, -0.2) is 4.98 Å². The van der Waals surface area contributed by atoms with Gasteiger partial charge in [-0.05, 0) is 31.0 Å². The van der Waals surface area contributed by atoms with Crippen molar-refractivity contribution >= 4 is 34.0 Å². The standard InChI is InChI=1S/C18H19ClF3N3OS/c19-15-6-2-1-4-12(15)8-14-9-23-17(27-14)24-16(26)11-25-7-3-5-13(10-25)18(20,21)22/h1-2,4,6,9,13H,3,5,7-8,10-11H2,(H,23,24,26). The van der Waals surface area contributed by atoms with Crippen molar-refractivity contribution < 1.29 is 18.0 Å². The molecule has 1 aromatic heterocycles. The van der Waals surface area contributed by atoms with Crippen LogP contribution in [-0.2, 0) is 11.2 Å². The number of carbonyl (C=O) groups is 1. The first-order chi connectivity index (χ1) is 12.8. The molecule has 0 bridgehead atoms. The first-order valence-electron chi connectivity index (χ1n) is 8.58. The minimum Gasteiger partial charge on any atom is -0.301 e. The molecule has 9 heteroatoms. The van der Waals surface area contributed by atoms with Crippen LogP contribution in [0.2, 0.25) is 5.02 Å². The number of carbonyl (C=O) groups excluding carboxylic acids is 1. The number of benzene rings is 1. The van der Waals surface area contributed by atoms with Crippen LogP contribution in [0.5, 0.6) is 0 Å². The lowest BCUT2D eigenvalue weighted by Gasteiger charge is -2.33. The fraction of sp³-hybridized carbons (Fsp3) is 0.444. The topological polar surface area (TPSA) is 45.2 Å². The van der Waals surface area contributed by atoms with Crippen molar-refractivity contribution in [3.05, 3.63) is 45.9 Å². The summed E-state index contributed by atoms with van der Waals surface area (Å²) in [7, 11) is 0. The van der Waals surface area contributed by atoms with Gasteiger partial charge < -0.3 is 5.32 Å². The van der Waals surface area contributed by atoms with Gasteiger partial charge in [0.2, 0.25) is 5.91 Å². The van der Waals surface area contributed by atoms with Crippen molar-refractivity contribution in [2.75, 3.05) is 25.0 Å². The molecular weight excluding hydrogens is 399 g/mol. The number of piperidine rings is 1. The maximum Gasteiger partial charge on any atom is 0.393 e. The predicted octanol–water partition coefficient (Wildman–Crippen LogP) is 4.60. The van der Waals surface area contributed by atoms with Crippen LogP contribution in [0.25, 0.3) is 0 Å². The highest BCUT2D eigenvalue weighted by molar-refractivity contribution is 7.15. The zero-order valence-electron chi connectivity index (χ0n) is 14.4. The molecule has 0 spiro atoms. The van der Waals surface area contributed by atoms with Gasteiger partial charge in [0.05, 0.1) is 12.5 Å². The molecule has 27 heavy (non-hydrogen) atoms. The first kappa shape index (κ1) is 20.1. The largest absolute Gasteiger partial charge is 0.393 e. The van der Waals surface area contributed by atoms with E-state index in [4.69, 9.17) is 11.6 Å². The number of thiazole rings is 1. The SMILES string of the molecule is O=C(CN1CCCC(C(F)(F)F)C1)Nc1ncc(Cc2ccccc2Cl)s1. The fourth-order valence-electron chi connectivity index (χ4n) is 3.10. The van der Waals surface area contributed by atoms with Crippen LogP contribution in [0, 0.1) is 5.92 Å². The van der Waals surface area contributed by atoms with E-state index in [0.29, 0.717) is 29.5 Å². The number of halogens is 4. The quantitative estimate of drug-likeness (QED) is 0.773. The van der Waals surface area contributed by atoms with Crippen LogP contribution in [0.4, 0.5) is 18.3 Å². The molecule has 1 fully saturated rings. The number of likely N-dealkylation sites (tertiary alicyclic amines) is 1. The third-order valence-corrected chi connectivity index (χ3v) is 5.74. The second-order valence-electron chi connectivity index (χ2n) is 6.56. The molecule has 1 unspecified atom stereocenters. The van der Waals surface area contributed by atoms with Crippen LogP contribution in [0.1, 0.15) is 23.3 Å². The highest BCUT2D eigenvalue weighted by Gasteiger charge is 2.41. The summed E-state index contributed by atoms with van der Waals surface area (Å²) in [4.78, 5) is 18.8. The fourth-order valence-corrected chi connectivity index (χ4v) is 4.16. The van der Waals surface area contributed by atoms with E-state index in [2.05, 4.69) is 10.3 Å². The zero-order chi connectivity index (χ0) is 19.4. The van der Waals surface area contributed by atoms with Crippen LogP contribution in [-0.4, -0.2) is 41.6 Å². The number of alkyl halides is 3. The Morgan fingerprint density at radius 1 is 1.37 bits per heavy atom. The molecule has 1 amide bonds. The second-order valence-corrected chi connectivity index (χ2v) is 8.09. The molecule has 0 saturated carbocycles. The zero-order valence-corrected chi connectivity index (χ0v) is 16.0. The molecule has 1 aliphatic heterocycles. The molecule has 4 nitrogen and oxygen atoms in total. The van der Waals surface area contributed by atoms with Crippen molar-refractivity contribution in [2.24, 2.45) is 5.92 Å². The summed E-state index contributed by atoms with van der Waals surface area (Å²) < 4.78 is 38.6. The Labute approximate surface area is 164 Å². The summed E-state index contributed by atoms with van der Waals surface area (Å²) in [5.41, 5.74) is 0.965. The van der Waals surface area contributed by atoms with E-state index in [9.17, 15) is 18.0 Å². The summed E-state index contributed by atoms with van der Waals surface area (Å²) in [6, 6.07) is 7.49. The van der Waals surface area contributed by atoms with Gasteiger partial charge in [0.25, 0.3) is 0 Å². The number of hydrogen-bond acceptors (Lipinski definition) is 4. The molecule has 1 aliphatic rings. The van der Waals surface area contributed by atoms with Gasteiger partial charge in [-0.2, -0.15) is 13.2 Å². The summed E-state index contributed by atoms with van der Waals surface area (Å²) in [6.45, 7) is 0.300. The van der Waals surface area contributed by atoms with E-state index < -0.39 is 12.1 Å². The van der Waals surface area contributed by atoms with E-state index in [1.165, 1.54) is 11.3 Å². The number of nitrogens with one attached hydrogen (secondary N) is 1. The smallest absolute Gasteiger partial charge is 0.301 e.